The zero-order chi connectivity index (χ0) is 20.7. The van der Waals surface area contributed by atoms with E-state index in [2.05, 4.69) is 14.9 Å². The molecule has 7 nitrogen and oxygen atoms in total. The first kappa shape index (κ1) is 21.2. The highest BCUT2D eigenvalue weighted by Crippen LogP contribution is 2.14. The molecule has 0 atom stereocenters. The Morgan fingerprint density at radius 1 is 1.03 bits per heavy atom. The van der Waals surface area contributed by atoms with Crippen LogP contribution in [0.4, 0.5) is 0 Å². The number of aromatic nitrogens is 2. The molecule has 3 heterocycles. The summed E-state index contributed by atoms with van der Waals surface area (Å²) in [5.74, 6) is 0.518. The van der Waals surface area contributed by atoms with Gasteiger partial charge in [0, 0.05) is 57.4 Å². The van der Waals surface area contributed by atoms with Crippen LogP contribution in [0.15, 0.2) is 42.9 Å². The van der Waals surface area contributed by atoms with Crippen molar-refractivity contribution in [3.63, 3.8) is 0 Å². The summed E-state index contributed by atoms with van der Waals surface area (Å²) in [6, 6.07) is 7.58. The van der Waals surface area contributed by atoms with Crippen LogP contribution in [0.1, 0.15) is 36.7 Å². The highest BCUT2D eigenvalue weighted by atomic mass is 16.5. The summed E-state index contributed by atoms with van der Waals surface area (Å²) < 4.78 is 11.2. The minimum atomic E-state index is -0.185. The van der Waals surface area contributed by atoms with Crippen molar-refractivity contribution in [2.75, 3.05) is 39.4 Å². The Morgan fingerprint density at radius 2 is 1.76 bits per heavy atom. The van der Waals surface area contributed by atoms with E-state index in [4.69, 9.17) is 9.47 Å². The number of amides is 1. The van der Waals surface area contributed by atoms with E-state index in [1.165, 1.54) is 5.56 Å². The van der Waals surface area contributed by atoms with E-state index in [0.717, 1.165) is 19.6 Å². The van der Waals surface area contributed by atoms with Crippen LogP contribution in [-0.4, -0.2) is 70.7 Å². The third-order valence-corrected chi connectivity index (χ3v) is 4.67. The first-order valence-corrected chi connectivity index (χ1v) is 10.0. The third-order valence-electron chi connectivity index (χ3n) is 4.67. The first-order valence-electron chi connectivity index (χ1n) is 10.0. The Bertz CT molecular complexity index is 767. The van der Waals surface area contributed by atoms with Crippen LogP contribution in [0.5, 0.6) is 5.88 Å². The summed E-state index contributed by atoms with van der Waals surface area (Å²) in [6.45, 7) is 11.0. The SMILES string of the molecule is CC(C)(C)OCCOc1ccc(C(=O)N2CCN(Cc3ccncc3)CC2)cn1. The highest BCUT2D eigenvalue weighted by molar-refractivity contribution is 5.94. The van der Waals surface area contributed by atoms with Crippen LogP contribution >= 0.6 is 0 Å². The quantitative estimate of drug-likeness (QED) is 0.668. The van der Waals surface area contributed by atoms with E-state index in [0.29, 0.717) is 37.7 Å². The molecule has 0 spiro atoms. The molecule has 3 rings (SSSR count). The lowest BCUT2D eigenvalue weighted by Gasteiger charge is -2.34. The average molecular weight is 399 g/mol. The minimum Gasteiger partial charge on any atom is -0.475 e. The van der Waals surface area contributed by atoms with Gasteiger partial charge in [0.2, 0.25) is 5.88 Å². The van der Waals surface area contributed by atoms with E-state index in [1.54, 1.807) is 18.3 Å². The van der Waals surface area contributed by atoms with Crippen molar-refractivity contribution in [2.24, 2.45) is 0 Å². The van der Waals surface area contributed by atoms with Gasteiger partial charge >= 0.3 is 0 Å². The summed E-state index contributed by atoms with van der Waals surface area (Å²) >= 11 is 0. The molecule has 156 valence electrons. The number of pyridine rings is 2. The van der Waals surface area contributed by atoms with E-state index < -0.39 is 0 Å². The summed E-state index contributed by atoms with van der Waals surface area (Å²) in [6.07, 6.45) is 5.21. The van der Waals surface area contributed by atoms with Crippen molar-refractivity contribution in [2.45, 2.75) is 32.9 Å². The molecule has 0 bridgehead atoms. The Hall–Kier alpha value is -2.51. The first-order chi connectivity index (χ1) is 13.9. The van der Waals surface area contributed by atoms with Gasteiger partial charge < -0.3 is 14.4 Å². The maximum Gasteiger partial charge on any atom is 0.255 e. The smallest absolute Gasteiger partial charge is 0.255 e. The number of piperazine rings is 1. The van der Waals surface area contributed by atoms with E-state index in [-0.39, 0.29) is 11.5 Å². The molecule has 2 aromatic heterocycles. The lowest BCUT2D eigenvalue weighted by atomic mass is 10.2. The van der Waals surface area contributed by atoms with Crippen LogP contribution in [0.3, 0.4) is 0 Å². The molecule has 0 aliphatic carbocycles. The van der Waals surface area contributed by atoms with Crippen LogP contribution in [-0.2, 0) is 11.3 Å². The molecule has 0 saturated carbocycles. The second-order valence-electron chi connectivity index (χ2n) is 8.12. The normalized spacial score (nSPS) is 15.3. The summed E-state index contributed by atoms with van der Waals surface area (Å²) in [7, 11) is 0. The van der Waals surface area contributed by atoms with Gasteiger partial charge in [-0.1, -0.05) is 0 Å². The topological polar surface area (TPSA) is 67.8 Å². The Balaban J connectivity index is 1.43. The molecule has 29 heavy (non-hydrogen) atoms. The molecule has 1 aliphatic rings. The Kier molecular flexibility index (Phi) is 7.17. The van der Waals surface area contributed by atoms with Crippen molar-refractivity contribution in [1.82, 2.24) is 19.8 Å². The number of carbonyl (C=O) groups is 1. The predicted molar refractivity (Wildman–Crippen MR) is 111 cm³/mol. The fourth-order valence-corrected chi connectivity index (χ4v) is 3.12. The number of hydrogen-bond acceptors (Lipinski definition) is 6. The second-order valence-corrected chi connectivity index (χ2v) is 8.12. The van der Waals surface area contributed by atoms with Crippen molar-refractivity contribution >= 4 is 5.91 Å². The number of nitrogens with zero attached hydrogens (tertiary/aromatic N) is 4. The van der Waals surface area contributed by atoms with Crippen molar-refractivity contribution in [3.8, 4) is 5.88 Å². The van der Waals surface area contributed by atoms with Gasteiger partial charge in [0.1, 0.15) is 6.61 Å². The van der Waals surface area contributed by atoms with Crippen LogP contribution in [0.25, 0.3) is 0 Å². The van der Waals surface area contributed by atoms with Gasteiger partial charge in [0.25, 0.3) is 5.91 Å². The molecule has 0 aromatic carbocycles. The molecule has 0 unspecified atom stereocenters. The molecule has 1 saturated heterocycles. The largest absolute Gasteiger partial charge is 0.475 e. The second kappa shape index (κ2) is 9.80. The zero-order valence-electron chi connectivity index (χ0n) is 17.5. The zero-order valence-corrected chi connectivity index (χ0v) is 17.5. The molecule has 1 fully saturated rings. The van der Waals surface area contributed by atoms with Crippen molar-refractivity contribution < 1.29 is 14.3 Å². The third kappa shape index (κ3) is 6.80. The lowest BCUT2D eigenvalue weighted by Crippen LogP contribution is -2.48. The predicted octanol–water partition coefficient (Wildman–Crippen LogP) is 2.63. The maximum atomic E-state index is 12.7. The van der Waals surface area contributed by atoms with Crippen LogP contribution < -0.4 is 4.74 Å². The fourth-order valence-electron chi connectivity index (χ4n) is 3.12. The molecule has 1 amide bonds. The van der Waals surface area contributed by atoms with Crippen molar-refractivity contribution in [1.29, 1.82) is 0 Å². The van der Waals surface area contributed by atoms with Gasteiger partial charge in [-0.15, -0.1) is 0 Å². The average Bonchev–Trinajstić information content (AvgIpc) is 2.72. The molecular weight excluding hydrogens is 368 g/mol. The number of ether oxygens (including phenoxy) is 2. The van der Waals surface area contributed by atoms with Gasteiger partial charge in [-0.2, -0.15) is 0 Å². The molecule has 0 radical (unpaired) electrons. The highest BCUT2D eigenvalue weighted by Gasteiger charge is 2.22. The van der Waals surface area contributed by atoms with E-state index >= 15 is 0 Å². The van der Waals surface area contributed by atoms with E-state index in [1.807, 2.05) is 50.2 Å². The fraction of sp³-hybridized carbons (Fsp3) is 0.500. The lowest BCUT2D eigenvalue weighted by molar-refractivity contribution is -0.0168. The molecular formula is C22H30N4O3. The number of carbonyl (C=O) groups excluding carboxylic acids is 1. The molecule has 0 N–H and O–H groups in total. The van der Waals surface area contributed by atoms with Crippen LogP contribution in [0, 0.1) is 0 Å². The molecule has 7 heteroatoms. The minimum absolute atomic E-state index is 0.0173. The number of rotatable bonds is 7. The van der Waals surface area contributed by atoms with Crippen molar-refractivity contribution in [3.05, 3.63) is 54.0 Å². The molecule has 2 aromatic rings. The van der Waals surface area contributed by atoms with Crippen LogP contribution in [0.2, 0.25) is 0 Å². The Labute approximate surface area is 172 Å². The summed E-state index contributed by atoms with van der Waals surface area (Å²) in [4.78, 5) is 25.3. The van der Waals surface area contributed by atoms with Gasteiger partial charge in [-0.25, -0.2) is 4.98 Å². The van der Waals surface area contributed by atoms with Gasteiger partial charge in [0.15, 0.2) is 0 Å². The summed E-state index contributed by atoms with van der Waals surface area (Å²) in [5.41, 5.74) is 1.65. The Morgan fingerprint density at radius 3 is 2.38 bits per heavy atom. The van der Waals surface area contributed by atoms with E-state index in [9.17, 15) is 4.79 Å². The number of hydrogen-bond donors (Lipinski definition) is 0. The standard InChI is InChI=1S/C22H30N4O3/c1-22(2,3)29-15-14-28-20-5-4-19(16-24-20)21(27)26-12-10-25(11-13-26)17-18-6-8-23-9-7-18/h4-9,16H,10-15,17H2,1-3H3. The molecule has 1 aliphatic heterocycles. The summed E-state index contributed by atoms with van der Waals surface area (Å²) in [5, 5.41) is 0. The van der Waals surface area contributed by atoms with Gasteiger partial charge in [-0.05, 0) is 44.5 Å². The van der Waals surface area contributed by atoms with Gasteiger partial charge in [-0.3, -0.25) is 14.7 Å². The maximum absolute atomic E-state index is 12.7. The van der Waals surface area contributed by atoms with Gasteiger partial charge in [0.05, 0.1) is 17.8 Å². The monoisotopic (exact) mass is 398 g/mol.